The van der Waals surface area contributed by atoms with E-state index in [9.17, 15) is 9.59 Å². The normalized spacial score (nSPS) is 10.7. The lowest BCUT2D eigenvalue weighted by atomic mass is 10.1. The Morgan fingerprint density at radius 2 is 1.96 bits per heavy atom. The lowest BCUT2D eigenvalue weighted by Gasteiger charge is -2.07. The Morgan fingerprint density at radius 1 is 1.21 bits per heavy atom. The van der Waals surface area contributed by atoms with E-state index in [4.69, 9.17) is 18.6 Å². The first-order chi connectivity index (χ1) is 11.5. The highest BCUT2D eigenvalue weighted by Crippen LogP contribution is 2.35. The van der Waals surface area contributed by atoms with Crippen LogP contribution >= 0.6 is 15.9 Å². The molecule has 8 heteroatoms. The summed E-state index contributed by atoms with van der Waals surface area (Å²) in [7, 11) is 2.80. The zero-order chi connectivity index (χ0) is 17.7. The van der Waals surface area contributed by atoms with Gasteiger partial charge in [0.15, 0.2) is 6.61 Å². The van der Waals surface area contributed by atoms with Crippen LogP contribution in [0, 0.1) is 6.92 Å². The second-order valence-electron chi connectivity index (χ2n) is 4.81. The summed E-state index contributed by atoms with van der Waals surface area (Å²) in [5, 5.41) is 0.540. The smallest absolute Gasteiger partial charge is 0.343 e. The Hall–Kier alpha value is -2.06. The standard InChI is InChI=1S/C16H17BrO7/c1-9-15(16(19)22-5-4-20-2)10-6-13(23-8-14(18)21-3)11(17)7-12(10)24-9/h6-7H,4-5,8H2,1-3H3. The molecule has 0 fully saturated rings. The fourth-order valence-electron chi connectivity index (χ4n) is 2.07. The number of carbonyl (C=O) groups is 2. The molecule has 2 aromatic rings. The van der Waals surface area contributed by atoms with Crippen molar-refractivity contribution in [3.05, 3.63) is 27.9 Å². The topological polar surface area (TPSA) is 84.2 Å². The van der Waals surface area contributed by atoms with Gasteiger partial charge in [-0.15, -0.1) is 0 Å². The van der Waals surface area contributed by atoms with Gasteiger partial charge in [0.25, 0.3) is 0 Å². The first kappa shape index (κ1) is 18.3. The van der Waals surface area contributed by atoms with Gasteiger partial charge in [-0.2, -0.15) is 0 Å². The van der Waals surface area contributed by atoms with Crippen LogP contribution in [0.4, 0.5) is 0 Å². The van der Waals surface area contributed by atoms with Gasteiger partial charge in [-0.3, -0.25) is 0 Å². The van der Waals surface area contributed by atoms with Gasteiger partial charge < -0.3 is 23.4 Å². The van der Waals surface area contributed by atoms with E-state index in [-0.39, 0.29) is 13.2 Å². The largest absolute Gasteiger partial charge is 0.481 e. The van der Waals surface area contributed by atoms with Crippen molar-refractivity contribution in [3.8, 4) is 5.75 Å². The molecule has 0 aliphatic rings. The highest BCUT2D eigenvalue weighted by Gasteiger charge is 2.21. The van der Waals surface area contributed by atoms with Gasteiger partial charge in [0.2, 0.25) is 0 Å². The van der Waals surface area contributed by atoms with Crippen molar-refractivity contribution in [1.82, 2.24) is 0 Å². The Morgan fingerprint density at radius 3 is 2.62 bits per heavy atom. The molecule has 1 aromatic carbocycles. The number of ether oxygens (including phenoxy) is 4. The van der Waals surface area contributed by atoms with Crippen LogP contribution in [0.1, 0.15) is 16.1 Å². The van der Waals surface area contributed by atoms with E-state index in [0.717, 1.165) is 0 Å². The number of methoxy groups -OCH3 is 2. The predicted octanol–water partition coefficient (Wildman–Crippen LogP) is 2.86. The molecular formula is C16H17BrO7. The summed E-state index contributed by atoms with van der Waals surface area (Å²) >= 11 is 3.34. The van der Waals surface area contributed by atoms with Crippen molar-refractivity contribution in [1.29, 1.82) is 0 Å². The first-order valence-corrected chi connectivity index (χ1v) is 7.85. The van der Waals surface area contributed by atoms with E-state index in [1.807, 2.05) is 0 Å². The van der Waals surface area contributed by atoms with E-state index in [2.05, 4.69) is 20.7 Å². The van der Waals surface area contributed by atoms with Gasteiger partial charge in [-0.25, -0.2) is 9.59 Å². The molecule has 1 heterocycles. The predicted molar refractivity (Wildman–Crippen MR) is 88.3 cm³/mol. The minimum absolute atomic E-state index is 0.143. The average molecular weight is 401 g/mol. The third kappa shape index (κ3) is 4.07. The molecule has 0 N–H and O–H groups in total. The fraction of sp³-hybridized carbons (Fsp3) is 0.375. The average Bonchev–Trinajstić information content (AvgIpc) is 2.87. The van der Waals surface area contributed by atoms with Crippen molar-refractivity contribution in [2.75, 3.05) is 34.0 Å². The number of benzene rings is 1. The van der Waals surface area contributed by atoms with Crippen LogP contribution in [0.15, 0.2) is 21.0 Å². The third-order valence-electron chi connectivity index (χ3n) is 3.22. The fourth-order valence-corrected chi connectivity index (χ4v) is 2.51. The van der Waals surface area contributed by atoms with Crippen LogP contribution in [0.25, 0.3) is 11.0 Å². The number of hydrogen-bond acceptors (Lipinski definition) is 7. The Balaban J connectivity index is 2.32. The van der Waals surface area contributed by atoms with E-state index < -0.39 is 11.9 Å². The Kier molecular flexibility index (Phi) is 6.22. The van der Waals surface area contributed by atoms with Crippen molar-refractivity contribution < 1.29 is 33.0 Å². The minimum Gasteiger partial charge on any atom is -0.481 e. The number of esters is 2. The van der Waals surface area contributed by atoms with Gasteiger partial charge in [0, 0.05) is 12.5 Å². The summed E-state index contributed by atoms with van der Waals surface area (Å²) in [6.07, 6.45) is 0. The molecule has 0 saturated carbocycles. The zero-order valence-electron chi connectivity index (χ0n) is 13.5. The Labute approximate surface area is 146 Å². The summed E-state index contributed by atoms with van der Waals surface area (Å²) in [5.41, 5.74) is 0.819. The molecule has 0 saturated heterocycles. The highest BCUT2D eigenvalue weighted by atomic mass is 79.9. The molecule has 1 aromatic heterocycles. The number of rotatable bonds is 7. The number of fused-ring (bicyclic) bond motifs is 1. The molecule has 0 bridgehead atoms. The molecule has 2 rings (SSSR count). The van der Waals surface area contributed by atoms with Gasteiger partial charge in [0.05, 0.1) is 18.2 Å². The van der Waals surface area contributed by atoms with Crippen LogP contribution < -0.4 is 4.74 Å². The van der Waals surface area contributed by atoms with Crippen LogP contribution in [-0.2, 0) is 19.0 Å². The highest BCUT2D eigenvalue weighted by molar-refractivity contribution is 9.10. The summed E-state index contributed by atoms with van der Waals surface area (Å²) in [5.74, 6) is -0.196. The van der Waals surface area contributed by atoms with E-state index in [1.54, 1.807) is 19.1 Å². The summed E-state index contributed by atoms with van der Waals surface area (Å²) < 4.78 is 26.1. The number of halogens is 1. The molecule has 0 radical (unpaired) electrons. The van der Waals surface area contributed by atoms with Crippen LogP contribution in [-0.4, -0.2) is 46.0 Å². The maximum Gasteiger partial charge on any atom is 0.343 e. The third-order valence-corrected chi connectivity index (χ3v) is 3.84. The monoisotopic (exact) mass is 400 g/mol. The number of aryl methyl sites for hydroxylation is 1. The van der Waals surface area contributed by atoms with Crippen LogP contribution in [0.5, 0.6) is 5.75 Å². The zero-order valence-corrected chi connectivity index (χ0v) is 15.1. The summed E-state index contributed by atoms with van der Waals surface area (Å²) in [6.45, 7) is 1.88. The molecule has 7 nitrogen and oxygen atoms in total. The molecule has 0 spiro atoms. The van der Waals surface area contributed by atoms with Crippen LogP contribution in [0.2, 0.25) is 0 Å². The van der Waals surface area contributed by atoms with Crippen molar-refractivity contribution in [2.45, 2.75) is 6.92 Å². The lowest BCUT2D eigenvalue weighted by Crippen LogP contribution is -2.13. The van der Waals surface area contributed by atoms with Crippen LogP contribution in [0.3, 0.4) is 0 Å². The van der Waals surface area contributed by atoms with E-state index in [1.165, 1.54) is 14.2 Å². The number of carbonyl (C=O) groups excluding carboxylic acids is 2. The van der Waals surface area contributed by atoms with Crippen molar-refractivity contribution >= 4 is 38.8 Å². The SMILES string of the molecule is COCCOC(=O)c1c(C)oc2cc(Br)c(OCC(=O)OC)cc12. The molecule has 130 valence electrons. The van der Waals surface area contributed by atoms with Gasteiger partial charge in [0.1, 0.15) is 29.3 Å². The second-order valence-corrected chi connectivity index (χ2v) is 5.66. The van der Waals surface area contributed by atoms with E-state index in [0.29, 0.717) is 39.1 Å². The van der Waals surface area contributed by atoms with E-state index >= 15 is 0 Å². The van der Waals surface area contributed by atoms with Gasteiger partial charge >= 0.3 is 11.9 Å². The quantitative estimate of drug-likeness (QED) is 0.521. The maximum absolute atomic E-state index is 12.3. The van der Waals surface area contributed by atoms with Gasteiger partial charge in [-0.1, -0.05) is 0 Å². The summed E-state index contributed by atoms with van der Waals surface area (Å²) in [4.78, 5) is 23.5. The Bertz CT molecular complexity index is 750. The molecule has 0 unspecified atom stereocenters. The molecule has 0 atom stereocenters. The number of hydrogen-bond donors (Lipinski definition) is 0. The summed E-state index contributed by atoms with van der Waals surface area (Å²) in [6, 6.07) is 3.28. The molecule has 24 heavy (non-hydrogen) atoms. The second kappa shape index (κ2) is 8.16. The van der Waals surface area contributed by atoms with Gasteiger partial charge in [-0.05, 0) is 35.0 Å². The lowest BCUT2D eigenvalue weighted by molar-refractivity contribution is -0.142. The first-order valence-electron chi connectivity index (χ1n) is 7.06. The minimum atomic E-state index is -0.510. The van der Waals surface area contributed by atoms with Crippen molar-refractivity contribution in [2.24, 2.45) is 0 Å². The van der Waals surface area contributed by atoms with Crippen molar-refractivity contribution in [3.63, 3.8) is 0 Å². The maximum atomic E-state index is 12.3. The molecule has 0 aliphatic heterocycles. The molecule has 0 amide bonds. The molecule has 0 aliphatic carbocycles. The number of furan rings is 1. The molecular weight excluding hydrogens is 384 g/mol.